The van der Waals surface area contributed by atoms with E-state index in [4.69, 9.17) is 4.74 Å². The zero-order chi connectivity index (χ0) is 21.5. The van der Waals surface area contributed by atoms with Crippen LogP contribution < -0.4 is 0 Å². The fourth-order valence-electron chi connectivity index (χ4n) is 3.86. The molecule has 2 aliphatic heterocycles. The Morgan fingerprint density at radius 1 is 1.06 bits per heavy atom. The van der Waals surface area contributed by atoms with Gasteiger partial charge in [0.25, 0.3) is 5.91 Å². The van der Waals surface area contributed by atoms with E-state index in [1.807, 2.05) is 0 Å². The highest BCUT2D eigenvalue weighted by molar-refractivity contribution is 5.94. The Morgan fingerprint density at radius 3 is 2.65 bits per heavy atom. The maximum Gasteiger partial charge on any atom is 0.410 e. The monoisotopic (exact) mass is 425 g/mol. The predicted molar refractivity (Wildman–Crippen MR) is 104 cm³/mol. The van der Waals surface area contributed by atoms with Crippen LogP contribution in [0.3, 0.4) is 0 Å². The lowest BCUT2D eigenvalue weighted by molar-refractivity contribution is 0.0611. The zero-order valence-corrected chi connectivity index (χ0v) is 16.2. The highest BCUT2D eigenvalue weighted by atomic mass is 19.2. The molecule has 2 amide bonds. The summed E-state index contributed by atoms with van der Waals surface area (Å²) in [6, 6.07) is 8.34. The molecule has 31 heavy (non-hydrogen) atoms. The summed E-state index contributed by atoms with van der Waals surface area (Å²) in [5.41, 5.74) is 1.69. The SMILES string of the molecule is O=C(c1cc(-c2ccncc2)n(-c2ccc(F)c(F)c2)n1)N1CCN2C(=O)OC[C@@H]2C1. The van der Waals surface area contributed by atoms with Crippen molar-refractivity contribution < 1.29 is 23.1 Å². The van der Waals surface area contributed by atoms with E-state index in [2.05, 4.69) is 10.1 Å². The molecule has 8 nitrogen and oxygen atoms in total. The normalized spacial score (nSPS) is 18.1. The van der Waals surface area contributed by atoms with Crippen molar-refractivity contribution in [1.29, 1.82) is 0 Å². The summed E-state index contributed by atoms with van der Waals surface area (Å²) in [5, 5.41) is 4.41. The maximum atomic E-state index is 13.9. The van der Waals surface area contributed by atoms with Crippen molar-refractivity contribution in [2.75, 3.05) is 26.2 Å². The van der Waals surface area contributed by atoms with Crippen molar-refractivity contribution in [3.8, 4) is 16.9 Å². The van der Waals surface area contributed by atoms with Crippen LogP contribution in [-0.4, -0.2) is 68.8 Å². The number of piperazine rings is 1. The largest absolute Gasteiger partial charge is 0.447 e. The summed E-state index contributed by atoms with van der Waals surface area (Å²) in [7, 11) is 0. The van der Waals surface area contributed by atoms with Gasteiger partial charge in [-0.25, -0.2) is 18.3 Å². The van der Waals surface area contributed by atoms with Gasteiger partial charge in [0.05, 0.1) is 17.4 Å². The van der Waals surface area contributed by atoms with Crippen molar-refractivity contribution in [1.82, 2.24) is 24.6 Å². The summed E-state index contributed by atoms with van der Waals surface area (Å²) < 4.78 is 33.8. The lowest BCUT2D eigenvalue weighted by atomic mass is 10.1. The third kappa shape index (κ3) is 3.39. The second kappa shape index (κ2) is 7.46. The summed E-state index contributed by atoms with van der Waals surface area (Å²) in [5.74, 6) is -2.29. The van der Waals surface area contributed by atoms with Crippen LogP contribution >= 0.6 is 0 Å². The van der Waals surface area contributed by atoms with Gasteiger partial charge < -0.3 is 9.64 Å². The molecule has 10 heteroatoms. The Hall–Kier alpha value is -3.82. The topological polar surface area (TPSA) is 80.6 Å². The van der Waals surface area contributed by atoms with E-state index < -0.39 is 11.6 Å². The van der Waals surface area contributed by atoms with Gasteiger partial charge in [-0.05, 0) is 30.3 Å². The standard InChI is InChI=1S/C21H17F2N5O3/c22-16-2-1-14(9-17(16)23)28-19(13-3-5-24-6-4-13)10-18(25-28)20(29)26-7-8-27-15(11-26)12-31-21(27)30/h1-6,9-10,15H,7-8,11-12H2/t15-/m0/s1. The van der Waals surface area contributed by atoms with Gasteiger partial charge in [-0.15, -0.1) is 0 Å². The quantitative estimate of drug-likeness (QED) is 0.644. The van der Waals surface area contributed by atoms with Gasteiger partial charge in [0.2, 0.25) is 0 Å². The number of halogens is 2. The molecule has 0 spiro atoms. The molecule has 4 heterocycles. The van der Waals surface area contributed by atoms with E-state index in [-0.39, 0.29) is 36.0 Å². The molecule has 2 aromatic heterocycles. The van der Waals surface area contributed by atoms with Gasteiger partial charge in [-0.1, -0.05) is 0 Å². The lowest BCUT2D eigenvalue weighted by Crippen LogP contribution is -2.53. The predicted octanol–water partition coefficient (Wildman–Crippen LogP) is 2.49. The molecule has 0 aliphatic carbocycles. The average Bonchev–Trinajstić information content (AvgIpc) is 3.40. The summed E-state index contributed by atoms with van der Waals surface area (Å²) in [6.07, 6.45) is 2.82. The Bertz CT molecular complexity index is 1170. The van der Waals surface area contributed by atoms with Gasteiger partial charge in [0, 0.05) is 43.7 Å². The molecule has 0 N–H and O–H groups in total. The molecule has 0 saturated carbocycles. The first-order chi connectivity index (χ1) is 15.0. The molecule has 2 saturated heterocycles. The number of benzene rings is 1. The number of aromatic nitrogens is 3. The number of fused-ring (bicyclic) bond motifs is 1. The van der Waals surface area contributed by atoms with E-state index in [1.54, 1.807) is 40.4 Å². The van der Waals surface area contributed by atoms with Crippen LogP contribution in [0, 0.1) is 11.6 Å². The van der Waals surface area contributed by atoms with Crippen molar-refractivity contribution in [2.24, 2.45) is 0 Å². The zero-order valence-electron chi connectivity index (χ0n) is 16.2. The minimum absolute atomic E-state index is 0.162. The van der Waals surface area contributed by atoms with Gasteiger partial charge in [-0.3, -0.25) is 14.7 Å². The molecule has 1 atom stereocenters. The third-order valence-electron chi connectivity index (χ3n) is 5.46. The number of ether oxygens (including phenoxy) is 1. The molecular weight excluding hydrogens is 408 g/mol. The smallest absolute Gasteiger partial charge is 0.410 e. The van der Waals surface area contributed by atoms with Crippen LogP contribution in [0.15, 0.2) is 48.8 Å². The first-order valence-corrected chi connectivity index (χ1v) is 9.70. The number of hydrogen-bond donors (Lipinski definition) is 0. The van der Waals surface area contributed by atoms with E-state index in [1.165, 1.54) is 10.7 Å². The Morgan fingerprint density at radius 2 is 1.87 bits per heavy atom. The second-order valence-corrected chi connectivity index (χ2v) is 7.34. The summed E-state index contributed by atoms with van der Waals surface area (Å²) >= 11 is 0. The maximum absolute atomic E-state index is 13.9. The van der Waals surface area contributed by atoms with Gasteiger partial charge in [-0.2, -0.15) is 5.10 Å². The van der Waals surface area contributed by atoms with E-state index >= 15 is 0 Å². The minimum Gasteiger partial charge on any atom is -0.447 e. The molecule has 0 radical (unpaired) electrons. The number of amides is 2. The summed E-state index contributed by atoms with van der Waals surface area (Å²) in [4.78, 5) is 32.1. The van der Waals surface area contributed by atoms with Gasteiger partial charge >= 0.3 is 6.09 Å². The molecular formula is C21H17F2N5O3. The molecule has 1 aromatic carbocycles. The number of carbonyl (C=O) groups is 2. The molecule has 158 valence electrons. The van der Waals surface area contributed by atoms with Crippen LogP contribution in [0.25, 0.3) is 16.9 Å². The fraction of sp³-hybridized carbons (Fsp3) is 0.238. The van der Waals surface area contributed by atoms with Crippen LogP contribution in [0.4, 0.5) is 13.6 Å². The van der Waals surface area contributed by atoms with Crippen molar-refractivity contribution >= 4 is 12.0 Å². The second-order valence-electron chi connectivity index (χ2n) is 7.34. The van der Waals surface area contributed by atoms with Gasteiger partial charge in [0.1, 0.15) is 6.61 Å². The molecule has 5 rings (SSSR count). The van der Waals surface area contributed by atoms with Crippen LogP contribution in [0.2, 0.25) is 0 Å². The molecule has 0 unspecified atom stereocenters. The highest BCUT2D eigenvalue weighted by Crippen LogP contribution is 2.26. The number of rotatable bonds is 3. The first-order valence-electron chi connectivity index (χ1n) is 9.70. The average molecular weight is 425 g/mol. The summed E-state index contributed by atoms with van der Waals surface area (Å²) in [6.45, 7) is 1.32. The fourth-order valence-corrected chi connectivity index (χ4v) is 3.86. The Kier molecular flexibility index (Phi) is 4.61. The Labute approximate surface area is 175 Å². The van der Waals surface area contributed by atoms with Crippen molar-refractivity contribution in [3.05, 3.63) is 66.1 Å². The molecule has 2 fully saturated rings. The van der Waals surface area contributed by atoms with Crippen LogP contribution in [0.1, 0.15) is 10.5 Å². The van der Waals surface area contributed by atoms with E-state index in [9.17, 15) is 18.4 Å². The van der Waals surface area contributed by atoms with Crippen molar-refractivity contribution in [3.63, 3.8) is 0 Å². The molecule has 0 bridgehead atoms. The van der Waals surface area contributed by atoms with Crippen LogP contribution in [-0.2, 0) is 4.74 Å². The van der Waals surface area contributed by atoms with E-state index in [0.717, 1.165) is 12.1 Å². The minimum atomic E-state index is -1.01. The molecule has 3 aromatic rings. The number of carbonyl (C=O) groups excluding carboxylic acids is 2. The number of pyridine rings is 1. The highest BCUT2D eigenvalue weighted by Gasteiger charge is 2.39. The molecule has 2 aliphatic rings. The van der Waals surface area contributed by atoms with Crippen LogP contribution in [0.5, 0.6) is 0 Å². The van der Waals surface area contributed by atoms with Crippen molar-refractivity contribution in [2.45, 2.75) is 6.04 Å². The van der Waals surface area contributed by atoms with Gasteiger partial charge in [0.15, 0.2) is 17.3 Å². The van der Waals surface area contributed by atoms with E-state index in [0.29, 0.717) is 30.9 Å². The number of cyclic esters (lactones) is 1. The number of nitrogens with zero attached hydrogens (tertiary/aromatic N) is 5. The third-order valence-corrected chi connectivity index (χ3v) is 5.46. The lowest BCUT2D eigenvalue weighted by Gasteiger charge is -2.34. The Balaban J connectivity index is 1.51. The first kappa shape index (κ1) is 19.2. The number of hydrogen-bond acceptors (Lipinski definition) is 5.